The molecule has 114 valence electrons. The maximum atomic E-state index is 4.73. The molecule has 3 rings (SSSR count). The normalized spacial score (nSPS) is 16.6. The maximum absolute atomic E-state index is 4.73. The maximum Gasteiger partial charge on any atom is 0.109 e. The molecule has 2 aromatic rings. The Hall–Kier alpha value is -1.35. The summed E-state index contributed by atoms with van der Waals surface area (Å²) in [4.78, 5) is 4.73. The molecule has 21 heavy (non-hydrogen) atoms. The highest BCUT2D eigenvalue weighted by molar-refractivity contribution is 5.75. The van der Waals surface area contributed by atoms with Gasteiger partial charge in [0.1, 0.15) is 5.82 Å². The number of fused-ring (bicyclic) bond motifs is 1. The molecule has 0 unspecified atom stereocenters. The third kappa shape index (κ3) is 3.46. The van der Waals surface area contributed by atoms with Crippen LogP contribution in [0.25, 0.3) is 11.0 Å². The largest absolute Gasteiger partial charge is 0.327 e. The van der Waals surface area contributed by atoms with Crippen LogP contribution in [0.15, 0.2) is 24.3 Å². The predicted molar refractivity (Wildman–Crippen MR) is 88.6 cm³/mol. The van der Waals surface area contributed by atoms with Gasteiger partial charge < -0.3 is 9.88 Å². The number of nitrogens with zero attached hydrogens (tertiary/aromatic N) is 2. The van der Waals surface area contributed by atoms with Crippen molar-refractivity contribution in [3.8, 4) is 0 Å². The Bertz CT molecular complexity index is 567. The van der Waals surface area contributed by atoms with Gasteiger partial charge >= 0.3 is 0 Å². The lowest BCUT2D eigenvalue weighted by molar-refractivity contribution is 0.340. The fourth-order valence-electron chi connectivity index (χ4n) is 3.53. The summed E-state index contributed by atoms with van der Waals surface area (Å²) in [6.07, 6.45) is 8.13. The first-order valence-electron chi connectivity index (χ1n) is 8.53. The van der Waals surface area contributed by atoms with Crippen LogP contribution in [0.2, 0.25) is 0 Å². The molecule has 0 amide bonds. The van der Waals surface area contributed by atoms with Gasteiger partial charge in [0.25, 0.3) is 0 Å². The van der Waals surface area contributed by atoms with Crippen LogP contribution in [0.5, 0.6) is 0 Å². The fourth-order valence-corrected chi connectivity index (χ4v) is 3.53. The number of rotatable bonds is 6. The van der Waals surface area contributed by atoms with Gasteiger partial charge in [0.05, 0.1) is 11.0 Å². The summed E-state index contributed by atoms with van der Waals surface area (Å²) in [6.45, 7) is 5.45. The first-order chi connectivity index (χ1) is 10.4. The first kappa shape index (κ1) is 14.6. The Kier molecular flexibility index (Phi) is 4.91. The number of benzene rings is 1. The van der Waals surface area contributed by atoms with Crippen molar-refractivity contribution in [1.29, 1.82) is 0 Å². The zero-order chi connectivity index (χ0) is 14.5. The molecule has 0 saturated heterocycles. The quantitative estimate of drug-likeness (QED) is 0.819. The number of para-hydroxylation sites is 2. The molecule has 3 heteroatoms. The van der Waals surface area contributed by atoms with Gasteiger partial charge in [-0.2, -0.15) is 0 Å². The molecule has 1 aliphatic rings. The second kappa shape index (κ2) is 7.08. The number of nitrogens with one attached hydrogen (secondary N) is 1. The highest BCUT2D eigenvalue weighted by atomic mass is 15.1. The van der Waals surface area contributed by atoms with E-state index in [1.807, 2.05) is 0 Å². The summed E-state index contributed by atoms with van der Waals surface area (Å²) in [7, 11) is 0. The summed E-state index contributed by atoms with van der Waals surface area (Å²) < 4.78 is 2.38. The van der Waals surface area contributed by atoms with Gasteiger partial charge in [-0.3, -0.25) is 0 Å². The van der Waals surface area contributed by atoms with Crippen LogP contribution < -0.4 is 5.32 Å². The van der Waals surface area contributed by atoms with Crippen LogP contribution in [-0.4, -0.2) is 22.6 Å². The van der Waals surface area contributed by atoms with Crippen molar-refractivity contribution in [3.05, 3.63) is 30.1 Å². The van der Waals surface area contributed by atoms with Crippen LogP contribution in [-0.2, 0) is 13.0 Å². The average molecular weight is 285 g/mol. The second-order valence-electron chi connectivity index (χ2n) is 6.23. The number of hydrogen-bond donors (Lipinski definition) is 1. The third-order valence-corrected chi connectivity index (χ3v) is 4.72. The van der Waals surface area contributed by atoms with E-state index in [1.54, 1.807) is 0 Å². The number of hydrogen-bond acceptors (Lipinski definition) is 2. The number of imidazole rings is 1. The van der Waals surface area contributed by atoms with Crippen LogP contribution in [0.4, 0.5) is 0 Å². The van der Waals surface area contributed by atoms with Crippen molar-refractivity contribution >= 4 is 11.0 Å². The Balaban J connectivity index is 1.57. The van der Waals surface area contributed by atoms with Gasteiger partial charge in [-0.05, 0) is 37.4 Å². The van der Waals surface area contributed by atoms with Crippen molar-refractivity contribution in [2.24, 2.45) is 5.92 Å². The minimum Gasteiger partial charge on any atom is -0.327 e. The van der Waals surface area contributed by atoms with E-state index >= 15 is 0 Å². The van der Waals surface area contributed by atoms with Crippen molar-refractivity contribution in [2.45, 2.75) is 52.0 Å². The van der Waals surface area contributed by atoms with Gasteiger partial charge in [0.15, 0.2) is 0 Å². The standard InChI is InChI=1S/C18H27N3/c1-2-18-20-16-10-6-7-11-17(16)21(18)13-12-19-14-15-8-4-3-5-9-15/h6-7,10-11,15,19H,2-5,8-9,12-14H2,1H3. The van der Waals surface area contributed by atoms with E-state index in [-0.39, 0.29) is 0 Å². The monoisotopic (exact) mass is 285 g/mol. The summed E-state index contributed by atoms with van der Waals surface area (Å²) >= 11 is 0. The minimum atomic E-state index is 0.906. The smallest absolute Gasteiger partial charge is 0.109 e. The van der Waals surface area contributed by atoms with E-state index in [2.05, 4.69) is 41.1 Å². The lowest BCUT2D eigenvalue weighted by atomic mass is 9.89. The van der Waals surface area contributed by atoms with E-state index in [4.69, 9.17) is 4.98 Å². The lowest BCUT2D eigenvalue weighted by Crippen LogP contribution is -2.27. The van der Waals surface area contributed by atoms with Crippen molar-refractivity contribution in [1.82, 2.24) is 14.9 Å². The van der Waals surface area contributed by atoms with Crippen LogP contribution in [0.3, 0.4) is 0 Å². The Morgan fingerprint density at radius 2 is 2.00 bits per heavy atom. The summed E-state index contributed by atoms with van der Waals surface area (Å²) in [5.74, 6) is 2.11. The molecule has 1 aromatic heterocycles. The zero-order valence-corrected chi connectivity index (χ0v) is 13.1. The molecule has 0 aliphatic heterocycles. The molecule has 0 atom stereocenters. The van der Waals surface area contributed by atoms with Crippen molar-refractivity contribution in [3.63, 3.8) is 0 Å². The summed E-state index contributed by atoms with van der Waals surface area (Å²) in [5.41, 5.74) is 2.40. The van der Waals surface area contributed by atoms with E-state index in [0.29, 0.717) is 0 Å². The average Bonchev–Trinajstić information content (AvgIpc) is 2.90. The Labute approximate surface area is 127 Å². The molecule has 1 aliphatic carbocycles. The van der Waals surface area contributed by atoms with Crippen LogP contribution in [0, 0.1) is 5.92 Å². The zero-order valence-electron chi connectivity index (χ0n) is 13.1. The first-order valence-corrected chi connectivity index (χ1v) is 8.53. The van der Waals surface area contributed by atoms with E-state index in [1.165, 1.54) is 50.0 Å². The van der Waals surface area contributed by atoms with Crippen molar-refractivity contribution in [2.75, 3.05) is 13.1 Å². The molecule has 1 fully saturated rings. The molecule has 0 radical (unpaired) electrons. The van der Waals surface area contributed by atoms with E-state index in [0.717, 1.165) is 30.9 Å². The number of aromatic nitrogens is 2. The molecule has 1 aromatic carbocycles. The Morgan fingerprint density at radius 3 is 2.81 bits per heavy atom. The highest BCUT2D eigenvalue weighted by Crippen LogP contribution is 2.22. The fraction of sp³-hybridized carbons (Fsp3) is 0.611. The summed E-state index contributed by atoms with van der Waals surface area (Å²) in [6, 6.07) is 8.47. The molecular weight excluding hydrogens is 258 g/mol. The van der Waals surface area contributed by atoms with Gasteiger partial charge in [-0.15, -0.1) is 0 Å². The second-order valence-corrected chi connectivity index (χ2v) is 6.23. The SMILES string of the molecule is CCc1nc2ccccc2n1CCNCC1CCCCC1. The van der Waals surface area contributed by atoms with Crippen LogP contribution >= 0.6 is 0 Å². The highest BCUT2D eigenvalue weighted by Gasteiger charge is 2.13. The topological polar surface area (TPSA) is 29.9 Å². The van der Waals surface area contributed by atoms with Crippen molar-refractivity contribution < 1.29 is 0 Å². The van der Waals surface area contributed by atoms with Gasteiger partial charge in [-0.1, -0.05) is 38.3 Å². The van der Waals surface area contributed by atoms with E-state index < -0.39 is 0 Å². The molecule has 0 bridgehead atoms. The molecule has 3 nitrogen and oxygen atoms in total. The van der Waals surface area contributed by atoms with E-state index in [9.17, 15) is 0 Å². The lowest BCUT2D eigenvalue weighted by Gasteiger charge is -2.22. The molecule has 1 saturated carbocycles. The van der Waals surface area contributed by atoms with Gasteiger partial charge in [-0.25, -0.2) is 4.98 Å². The Morgan fingerprint density at radius 1 is 1.19 bits per heavy atom. The van der Waals surface area contributed by atoms with Gasteiger partial charge in [0, 0.05) is 19.5 Å². The molecular formula is C18H27N3. The number of aryl methyl sites for hydroxylation is 1. The minimum absolute atomic E-state index is 0.906. The molecule has 0 spiro atoms. The molecule has 1 heterocycles. The third-order valence-electron chi connectivity index (χ3n) is 4.72. The van der Waals surface area contributed by atoms with Crippen LogP contribution in [0.1, 0.15) is 44.9 Å². The van der Waals surface area contributed by atoms with Gasteiger partial charge in [0.2, 0.25) is 0 Å². The summed E-state index contributed by atoms with van der Waals surface area (Å²) in [5, 5.41) is 3.66. The molecule has 1 N–H and O–H groups in total. The predicted octanol–water partition coefficient (Wildman–Crippen LogP) is 3.77.